The molecule has 0 radical (unpaired) electrons. The van der Waals surface area contributed by atoms with Gasteiger partial charge in [-0.05, 0) is 12.8 Å². The van der Waals surface area contributed by atoms with Crippen molar-refractivity contribution in [3.8, 4) is 0 Å². The van der Waals surface area contributed by atoms with Crippen LogP contribution in [0.3, 0.4) is 0 Å². The van der Waals surface area contributed by atoms with Crippen molar-refractivity contribution in [3.63, 3.8) is 0 Å². The Kier molecular flexibility index (Phi) is 2.33. The van der Waals surface area contributed by atoms with Crippen LogP contribution in [0.2, 0.25) is 0 Å². The maximum atomic E-state index is 5.96. The molecule has 1 fully saturated rings. The molecule has 0 bridgehead atoms. The number of aryl methyl sites for hydroxylation is 1. The highest BCUT2D eigenvalue weighted by atomic mass is 16.5. The summed E-state index contributed by atoms with van der Waals surface area (Å²) in [5, 5.41) is 4.11. The fourth-order valence-corrected chi connectivity index (χ4v) is 1.73. The summed E-state index contributed by atoms with van der Waals surface area (Å²) in [5.74, 6) is 0. The first-order valence-corrected chi connectivity index (χ1v) is 4.63. The van der Waals surface area contributed by atoms with Crippen LogP contribution >= 0.6 is 0 Å². The van der Waals surface area contributed by atoms with Crippen molar-refractivity contribution >= 4 is 0 Å². The summed E-state index contributed by atoms with van der Waals surface area (Å²) in [6.45, 7) is 0.813. The molecule has 2 rings (SSSR count). The summed E-state index contributed by atoms with van der Waals surface area (Å²) in [7, 11) is 1.90. The number of hydrogen-bond donors (Lipinski definition) is 1. The largest absolute Gasteiger partial charge is 0.372 e. The van der Waals surface area contributed by atoms with Crippen LogP contribution in [0, 0.1) is 0 Å². The van der Waals surface area contributed by atoms with Gasteiger partial charge in [0.05, 0.1) is 6.20 Å². The van der Waals surface area contributed by atoms with Gasteiger partial charge < -0.3 is 10.5 Å². The average Bonchev–Trinajstić information content (AvgIpc) is 2.53. The third kappa shape index (κ3) is 1.73. The molecule has 2 atom stereocenters. The molecule has 1 saturated heterocycles. The zero-order chi connectivity index (χ0) is 9.26. The van der Waals surface area contributed by atoms with E-state index >= 15 is 0 Å². The van der Waals surface area contributed by atoms with Gasteiger partial charge >= 0.3 is 0 Å². The second kappa shape index (κ2) is 3.47. The summed E-state index contributed by atoms with van der Waals surface area (Å²) in [4.78, 5) is 0. The Balaban J connectivity index is 2.14. The zero-order valence-corrected chi connectivity index (χ0v) is 7.81. The Morgan fingerprint density at radius 2 is 2.54 bits per heavy atom. The molecule has 13 heavy (non-hydrogen) atoms. The minimum absolute atomic E-state index is 0.0439. The molecule has 1 aliphatic heterocycles. The van der Waals surface area contributed by atoms with Crippen molar-refractivity contribution in [1.82, 2.24) is 9.78 Å². The average molecular weight is 181 g/mol. The highest BCUT2D eigenvalue weighted by Crippen LogP contribution is 2.26. The fourth-order valence-electron chi connectivity index (χ4n) is 1.73. The van der Waals surface area contributed by atoms with E-state index in [1.165, 1.54) is 0 Å². The Labute approximate surface area is 77.7 Å². The van der Waals surface area contributed by atoms with Gasteiger partial charge in [-0.15, -0.1) is 0 Å². The fraction of sp³-hybridized carbons (Fsp3) is 0.667. The molecule has 1 aromatic rings. The van der Waals surface area contributed by atoms with Crippen LogP contribution in [-0.4, -0.2) is 22.4 Å². The topological polar surface area (TPSA) is 53.1 Å². The maximum Gasteiger partial charge on any atom is 0.101 e. The molecule has 1 aromatic heterocycles. The highest BCUT2D eigenvalue weighted by Gasteiger charge is 2.24. The van der Waals surface area contributed by atoms with E-state index in [2.05, 4.69) is 5.10 Å². The van der Waals surface area contributed by atoms with Crippen molar-refractivity contribution in [1.29, 1.82) is 0 Å². The zero-order valence-electron chi connectivity index (χ0n) is 7.81. The van der Waals surface area contributed by atoms with E-state index in [1.54, 1.807) is 4.68 Å². The summed E-state index contributed by atoms with van der Waals surface area (Å²) in [5.41, 5.74) is 7.05. The smallest absolute Gasteiger partial charge is 0.101 e. The van der Waals surface area contributed by atoms with E-state index < -0.39 is 0 Å². The third-order valence-electron chi connectivity index (χ3n) is 2.42. The van der Waals surface area contributed by atoms with Crippen molar-refractivity contribution in [2.45, 2.75) is 25.0 Å². The molecule has 0 amide bonds. The second-order valence-corrected chi connectivity index (χ2v) is 3.54. The second-order valence-electron chi connectivity index (χ2n) is 3.54. The number of nitrogens with zero attached hydrogens (tertiary/aromatic N) is 2. The lowest BCUT2D eigenvalue weighted by atomic mass is 9.99. The van der Waals surface area contributed by atoms with Crippen LogP contribution in [-0.2, 0) is 11.8 Å². The molecule has 0 saturated carbocycles. The van der Waals surface area contributed by atoms with Crippen LogP contribution in [0.5, 0.6) is 0 Å². The lowest BCUT2D eigenvalue weighted by molar-refractivity contribution is 0.000107. The third-order valence-corrected chi connectivity index (χ3v) is 2.42. The number of ether oxygens (including phenoxy) is 1. The molecule has 4 heteroatoms. The van der Waals surface area contributed by atoms with Gasteiger partial charge in [0.2, 0.25) is 0 Å². The van der Waals surface area contributed by atoms with Gasteiger partial charge in [-0.25, -0.2) is 0 Å². The van der Waals surface area contributed by atoms with Crippen LogP contribution in [0.1, 0.15) is 24.5 Å². The number of nitrogens with two attached hydrogens (primary N) is 1. The summed E-state index contributed by atoms with van der Waals surface area (Å²) >= 11 is 0. The lowest BCUT2D eigenvalue weighted by Gasteiger charge is -2.27. The van der Waals surface area contributed by atoms with Gasteiger partial charge in [0, 0.05) is 31.5 Å². The molecule has 1 aliphatic rings. The summed E-state index contributed by atoms with van der Waals surface area (Å²) < 4.78 is 7.39. The minimum atomic E-state index is 0.0439. The molecule has 0 aliphatic carbocycles. The number of aromatic nitrogens is 2. The molecule has 72 valence electrons. The molecule has 4 nitrogen and oxygen atoms in total. The van der Waals surface area contributed by atoms with Gasteiger partial charge in [0.15, 0.2) is 0 Å². The highest BCUT2D eigenvalue weighted by molar-refractivity contribution is 5.11. The van der Waals surface area contributed by atoms with E-state index in [4.69, 9.17) is 10.5 Å². The Morgan fingerprint density at radius 3 is 3.15 bits per heavy atom. The van der Waals surface area contributed by atoms with Gasteiger partial charge in [-0.3, -0.25) is 4.68 Å². The molecule has 0 unspecified atom stereocenters. The quantitative estimate of drug-likeness (QED) is 0.690. The van der Waals surface area contributed by atoms with Crippen molar-refractivity contribution in [3.05, 3.63) is 18.0 Å². The normalized spacial score (nSPS) is 29.1. The Morgan fingerprint density at radius 1 is 1.69 bits per heavy atom. The van der Waals surface area contributed by atoms with Gasteiger partial charge in [0.25, 0.3) is 0 Å². The Bertz CT molecular complexity index is 284. The van der Waals surface area contributed by atoms with Crippen molar-refractivity contribution in [2.75, 3.05) is 6.61 Å². The maximum absolute atomic E-state index is 5.96. The Hall–Kier alpha value is -0.870. The molecule has 0 spiro atoms. The monoisotopic (exact) mass is 181 g/mol. The SMILES string of the molecule is Cn1cc([C@@H]2OCCC[C@@H]2N)cn1. The van der Waals surface area contributed by atoms with Gasteiger partial charge in [0.1, 0.15) is 6.10 Å². The first kappa shape index (κ1) is 8.72. The van der Waals surface area contributed by atoms with Crippen LogP contribution < -0.4 is 5.73 Å². The first-order valence-electron chi connectivity index (χ1n) is 4.63. The summed E-state index contributed by atoms with van der Waals surface area (Å²) in [6.07, 6.45) is 5.95. The van der Waals surface area contributed by atoms with E-state index in [-0.39, 0.29) is 12.1 Å². The predicted octanol–water partition coefficient (Wildman–Crippen LogP) is 0.599. The molecular formula is C9H15N3O. The van der Waals surface area contributed by atoms with Crippen molar-refractivity contribution in [2.24, 2.45) is 12.8 Å². The molecule has 2 N–H and O–H groups in total. The molecular weight excluding hydrogens is 166 g/mol. The van der Waals surface area contributed by atoms with Crippen LogP contribution in [0.25, 0.3) is 0 Å². The lowest BCUT2D eigenvalue weighted by Crippen LogP contribution is -2.34. The van der Waals surface area contributed by atoms with Crippen LogP contribution in [0.4, 0.5) is 0 Å². The number of hydrogen-bond acceptors (Lipinski definition) is 3. The van der Waals surface area contributed by atoms with Crippen molar-refractivity contribution < 1.29 is 4.74 Å². The minimum Gasteiger partial charge on any atom is -0.372 e. The van der Waals surface area contributed by atoms with E-state index in [9.17, 15) is 0 Å². The molecule has 0 aromatic carbocycles. The molecule has 2 heterocycles. The standard InChI is InChI=1S/C9H15N3O/c1-12-6-7(5-11-12)9-8(10)3-2-4-13-9/h5-6,8-9H,2-4,10H2,1H3/t8-,9-/m0/s1. The van der Waals surface area contributed by atoms with E-state index in [1.807, 2.05) is 19.4 Å². The van der Waals surface area contributed by atoms with Gasteiger partial charge in [-0.2, -0.15) is 5.10 Å². The van der Waals surface area contributed by atoms with E-state index in [0.29, 0.717) is 0 Å². The van der Waals surface area contributed by atoms with Crippen LogP contribution in [0.15, 0.2) is 12.4 Å². The first-order chi connectivity index (χ1) is 6.27. The van der Waals surface area contributed by atoms with Gasteiger partial charge in [-0.1, -0.05) is 0 Å². The van der Waals surface area contributed by atoms with E-state index in [0.717, 1.165) is 25.0 Å². The number of rotatable bonds is 1. The summed E-state index contributed by atoms with van der Waals surface area (Å²) in [6, 6.07) is 0.123. The predicted molar refractivity (Wildman–Crippen MR) is 49.1 cm³/mol.